The van der Waals surface area contributed by atoms with Crippen LogP contribution in [0.2, 0.25) is 0 Å². The number of likely N-dealkylation sites (tertiary alicyclic amines) is 1. The lowest BCUT2D eigenvalue weighted by Crippen LogP contribution is -2.46. The lowest BCUT2D eigenvalue weighted by Gasteiger charge is -2.36. The molecule has 3 heteroatoms. The van der Waals surface area contributed by atoms with Crippen LogP contribution in [0.15, 0.2) is 0 Å². The van der Waals surface area contributed by atoms with Crippen LogP contribution in [0.5, 0.6) is 0 Å². The molecule has 3 nitrogen and oxygen atoms in total. The molecule has 0 spiro atoms. The summed E-state index contributed by atoms with van der Waals surface area (Å²) in [6.45, 7) is 11.2. The van der Waals surface area contributed by atoms with Crippen molar-refractivity contribution >= 4 is 0 Å². The topological polar surface area (TPSA) is 18.5 Å². The van der Waals surface area contributed by atoms with Crippen molar-refractivity contribution in [3.8, 4) is 0 Å². The minimum Gasteiger partial charge on any atom is -0.317 e. The predicted octanol–water partition coefficient (Wildman–Crippen LogP) is 1.55. The van der Waals surface area contributed by atoms with Crippen molar-refractivity contribution in [3.05, 3.63) is 0 Å². The van der Waals surface area contributed by atoms with E-state index in [1.165, 1.54) is 77.9 Å². The lowest BCUT2D eigenvalue weighted by atomic mass is 10.0. The molecule has 0 saturated carbocycles. The van der Waals surface area contributed by atoms with Crippen molar-refractivity contribution in [3.63, 3.8) is 0 Å². The maximum atomic E-state index is 3.46. The van der Waals surface area contributed by atoms with Crippen LogP contribution in [-0.4, -0.2) is 61.7 Å². The molecule has 2 saturated heterocycles. The third kappa shape index (κ3) is 4.23. The van der Waals surface area contributed by atoms with Gasteiger partial charge in [-0.05, 0) is 58.4 Å². The van der Waals surface area contributed by atoms with Crippen molar-refractivity contribution in [1.29, 1.82) is 0 Å². The Labute approximate surface area is 107 Å². The molecule has 0 aromatic carbocycles. The van der Waals surface area contributed by atoms with Gasteiger partial charge in [0.15, 0.2) is 0 Å². The molecule has 0 bridgehead atoms. The molecule has 0 atom stereocenters. The summed E-state index contributed by atoms with van der Waals surface area (Å²) in [4.78, 5) is 5.36. The predicted molar refractivity (Wildman–Crippen MR) is 73.4 cm³/mol. The van der Waals surface area contributed by atoms with Crippen molar-refractivity contribution < 1.29 is 0 Å². The zero-order valence-corrected chi connectivity index (χ0v) is 11.5. The van der Waals surface area contributed by atoms with E-state index >= 15 is 0 Å². The van der Waals surface area contributed by atoms with Gasteiger partial charge in [0.05, 0.1) is 0 Å². The highest BCUT2D eigenvalue weighted by atomic mass is 15.2. The molecule has 0 radical (unpaired) electrons. The monoisotopic (exact) mass is 239 g/mol. The molecule has 1 N–H and O–H groups in total. The first kappa shape index (κ1) is 13.3. The van der Waals surface area contributed by atoms with Gasteiger partial charge in [0, 0.05) is 19.1 Å². The molecule has 0 unspecified atom stereocenters. The summed E-state index contributed by atoms with van der Waals surface area (Å²) in [5, 5.41) is 3.46. The van der Waals surface area contributed by atoms with Crippen LogP contribution in [0, 0.1) is 0 Å². The van der Waals surface area contributed by atoms with E-state index in [0.29, 0.717) is 0 Å². The van der Waals surface area contributed by atoms with E-state index in [0.717, 1.165) is 6.04 Å². The first-order valence-corrected chi connectivity index (χ1v) is 7.57. The van der Waals surface area contributed by atoms with Crippen LogP contribution >= 0.6 is 0 Å². The second-order valence-corrected chi connectivity index (χ2v) is 5.51. The largest absolute Gasteiger partial charge is 0.317 e. The van der Waals surface area contributed by atoms with E-state index in [-0.39, 0.29) is 0 Å². The van der Waals surface area contributed by atoms with E-state index < -0.39 is 0 Å². The molecule has 0 amide bonds. The van der Waals surface area contributed by atoms with E-state index in [1.807, 2.05) is 0 Å². The number of hydrogen-bond donors (Lipinski definition) is 1. The van der Waals surface area contributed by atoms with E-state index in [1.54, 1.807) is 0 Å². The average molecular weight is 239 g/mol. The Morgan fingerprint density at radius 2 is 1.82 bits per heavy atom. The number of rotatable bonds is 5. The van der Waals surface area contributed by atoms with Gasteiger partial charge in [-0.15, -0.1) is 0 Å². The van der Waals surface area contributed by atoms with Crippen LogP contribution in [0.25, 0.3) is 0 Å². The third-order valence-corrected chi connectivity index (χ3v) is 4.38. The van der Waals surface area contributed by atoms with Crippen LogP contribution < -0.4 is 5.32 Å². The zero-order chi connectivity index (χ0) is 11.9. The molecule has 2 aliphatic heterocycles. The van der Waals surface area contributed by atoms with Gasteiger partial charge in [-0.3, -0.25) is 4.90 Å². The average Bonchev–Trinajstić information content (AvgIpc) is 2.42. The fourth-order valence-corrected chi connectivity index (χ4v) is 3.22. The Morgan fingerprint density at radius 1 is 1.12 bits per heavy atom. The van der Waals surface area contributed by atoms with E-state index in [4.69, 9.17) is 0 Å². The van der Waals surface area contributed by atoms with E-state index in [2.05, 4.69) is 22.0 Å². The standard InChI is InChI=1S/C14H29N3/c1-2-17(14-6-8-15-9-7-14)13-12-16-10-4-3-5-11-16/h14-15H,2-13H2,1H3. The number of likely N-dealkylation sites (N-methyl/N-ethyl adjacent to an activating group) is 1. The maximum Gasteiger partial charge on any atom is 0.0120 e. The Balaban J connectivity index is 1.70. The molecule has 2 aliphatic rings. The number of nitrogens with one attached hydrogen (secondary N) is 1. The summed E-state index contributed by atoms with van der Waals surface area (Å²) in [7, 11) is 0. The minimum atomic E-state index is 0.839. The zero-order valence-electron chi connectivity index (χ0n) is 11.5. The SMILES string of the molecule is CCN(CCN1CCCCC1)C1CCNCC1. The Kier molecular flexibility index (Phi) is 5.75. The number of nitrogens with zero attached hydrogens (tertiary/aromatic N) is 2. The van der Waals surface area contributed by atoms with Crippen molar-refractivity contribution in [1.82, 2.24) is 15.1 Å². The summed E-state index contributed by atoms with van der Waals surface area (Å²) in [5.74, 6) is 0. The van der Waals surface area contributed by atoms with Gasteiger partial charge in [0.1, 0.15) is 0 Å². The molecule has 2 heterocycles. The minimum absolute atomic E-state index is 0.839. The van der Waals surface area contributed by atoms with Crippen molar-refractivity contribution in [2.24, 2.45) is 0 Å². The molecule has 0 aromatic rings. The lowest BCUT2D eigenvalue weighted by molar-refractivity contribution is 0.134. The Morgan fingerprint density at radius 3 is 2.47 bits per heavy atom. The fraction of sp³-hybridized carbons (Fsp3) is 1.00. The highest BCUT2D eigenvalue weighted by molar-refractivity contribution is 4.78. The smallest absolute Gasteiger partial charge is 0.0120 e. The highest BCUT2D eigenvalue weighted by Crippen LogP contribution is 2.13. The first-order valence-electron chi connectivity index (χ1n) is 7.57. The van der Waals surface area contributed by atoms with Gasteiger partial charge in [-0.1, -0.05) is 13.3 Å². The molecular formula is C14H29N3. The summed E-state index contributed by atoms with van der Waals surface area (Å²) < 4.78 is 0. The van der Waals surface area contributed by atoms with Gasteiger partial charge in [0.2, 0.25) is 0 Å². The van der Waals surface area contributed by atoms with Crippen LogP contribution in [0.4, 0.5) is 0 Å². The molecule has 0 aliphatic carbocycles. The van der Waals surface area contributed by atoms with Gasteiger partial charge in [-0.25, -0.2) is 0 Å². The Hall–Kier alpha value is -0.120. The maximum absolute atomic E-state index is 3.46. The van der Waals surface area contributed by atoms with Gasteiger partial charge < -0.3 is 10.2 Å². The molecule has 2 rings (SSSR count). The highest BCUT2D eigenvalue weighted by Gasteiger charge is 2.20. The van der Waals surface area contributed by atoms with Crippen LogP contribution in [0.3, 0.4) is 0 Å². The van der Waals surface area contributed by atoms with E-state index in [9.17, 15) is 0 Å². The molecular weight excluding hydrogens is 210 g/mol. The number of hydrogen-bond acceptors (Lipinski definition) is 3. The van der Waals surface area contributed by atoms with Gasteiger partial charge in [0.25, 0.3) is 0 Å². The summed E-state index contributed by atoms with van der Waals surface area (Å²) in [6, 6.07) is 0.839. The first-order chi connectivity index (χ1) is 8.40. The molecule has 100 valence electrons. The summed E-state index contributed by atoms with van der Waals surface area (Å²) in [5.41, 5.74) is 0. The molecule has 2 fully saturated rings. The quantitative estimate of drug-likeness (QED) is 0.785. The third-order valence-electron chi connectivity index (χ3n) is 4.38. The normalized spacial score (nSPS) is 24.4. The summed E-state index contributed by atoms with van der Waals surface area (Å²) in [6.07, 6.45) is 6.96. The van der Waals surface area contributed by atoms with Gasteiger partial charge in [-0.2, -0.15) is 0 Å². The number of piperidine rings is 2. The molecule has 17 heavy (non-hydrogen) atoms. The van der Waals surface area contributed by atoms with Crippen LogP contribution in [0.1, 0.15) is 39.0 Å². The van der Waals surface area contributed by atoms with Crippen molar-refractivity contribution in [2.75, 3.05) is 45.8 Å². The summed E-state index contributed by atoms with van der Waals surface area (Å²) >= 11 is 0. The Bertz CT molecular complexity index is 196. The van der Waals surface area contributed by atoms with Gasteiger partial charge >= 0.3 is 0 Å². The van der Waals surface area contributed by atoms with Crippen LogP contribution in [-0.2, 0) is 0 Å². The second-order valence-electron chi connectivity index (χ2n) is 5.51. The second kappa shape index (κ2) is 7.34. The molecule has 0 aromatic heterocycles. The van der Waals surface area contributed by atoms with Crippen molar-refractivity contribution in [2.45, 2.75) is 45.1 Å². The fourth-order valence-electron chi connectivity index (χ4n) is 3.22.